The predicted molar refractivity (Wildman–Crippen MR) is 70.2 cm³/mol. The molecule has 0 amide bonds. The molecule has 0 spiro atoms. The summed E-state index contributed by atoms with van der Waals surface area (Å²) in [6.45, 7) is 0. The third kappa shape index (κ3) is 3.42. The van der Waals surface area contributed by atoms with Crippen LogP contribution in [0.1, 0.15) is 10.5 Å². The van der Waals surface area contributed by atoms with Crippen LogP contribution in [0.5, 0.6) is 5.75 Å². The Hall–Kier alpha value is -1.66. The highest BCUT2D eigenvalue weighted by Gasteiger charge is 2.16. The number of nitrogens with zero attached hydrogens (tertiary/aromatic N) is 2. The lowest BCUT2D eigenvalue weighted by molar-refractivity contribution is 0.0727. The first-order chi connectivity index (χ1) is 9.10. The molecule has 1 heterocycles. The quantitative estimate of drug-likeness (QED) is 0.377. The van der Waals surface area contributed by atoms with Gasteiger partial charge in [-0.25, -0.2) is 19.2 Å². The number of thioether (sulfide) groups is 1. The Labute approximate surface area is 118 Å². The summed E-state index contributed by atoms with van der Waals surface area (Å²) in [5.74, 6) is -0.911. The Morgan fingerprint density at radius 3 is 2.68 bits per heavy atom. The lowest BCUT2D eigenvalue weighted by Crippen LogP contribution is -2.12. The maximum atomic E-state index is 12.7. The molecular weight excluding hydrogens is 291 g/mol. The van der Waals surface area contributed by atoms with Gasteiger partial charge in [-0.05, 0) is 30.5 Å². The molecule has 0 fully saturated rings. The Bertz CT molecular complexity index is 607. The van der Waals surface area contributed by atoms with Crippen molar-refractivity contribution in [3.63, 3.8) is 0 Å². The molecule has 0 radical (unpaired) electrons. The molecule has 0 saturated carbocycles. The second kappa shape index (κ2) is 5.99. The molecule has 19 heavy (non-hydrogen) atoms. The van der Waals surface area contributed by atoms with Crippen LogP contribution >= 0.6 is 23.4 Å². The van der Waals surface area contributed by atoms with Gasteiger partial charge in [0.15, 0.2) is 10.9 Å². The van der Waals surface area contributed by atoms with Gasteiger partial charge in [-0.1, -0.05) is 23.4 Å². The zero-order chi connectivity index (χ0) is 13.8. The van der Waals surface area contributed by atoms with Gasteiger partial charge in [0.25, 0.3) is 0 Å². The summed E-state index contributed by atoms with van der Waals surface area (Å²) in [6, 6.07) is 5.07. The van der Waals surface area contributed by atoms with Crippen LogP contribution in [-0.4, -0.2) is 22.2 Å². The van der Waals surface area contributed by atoms with E-state index in [1.165, 1.54) is 42.2 Å². The van der Waals surface area contributed by atoms with Crippen molar-refractivity contribution in [2.45, 2.75) is 5.16 Å². The summed E-state index contributed by atoms with van der Waals surface area (Å²) in [6.07, 6.45) is 3.11. The van der Waals surface area contributed by atoms with Crippen LogP contribution in [0.25, 0.3) is 0 Å². The van der Waals surface area contributed by atoms with E-state index in [2.05, 4.69) is 9.97 Å². The highest BCUT2D eigenvalue weighted by molar-refractivity contribution is 7.98. The van der Waals surface area contributed by atoms with Crippen molar-refractivity contribution >= 4 is 29.3 Å². The first-order valence-corrected chi connectivity index (χ1v) is 6.74. The van der Waals surface area contributed by atoms with E-state index in [4.69, 9.17) is 16.3 Å². The smallest absolute Gasteiger partial charge is 0.364 e. The lowest BCUT2D eigenvalue weighted by atomic mass is 10.3. The number of hydrogen-bond acceptors (Lipinski definition) is 5. The maximum Gasteiger partial charge on any atom is 0.364 e. The molecule has 0 saturated heterocycles. The van der Waals surface area contributed by atoms with E-state index in [9.17, 15) is 9.18 Å². The molecule has 0 aliphatic heterocycles. The number of hydrogen-bond donors (Lipinski definition) is 0. The van der Waals surface area contributed by atoms with Crippen LogP contribution in [0, 0.1) is 5.82 Å². The molecule has 2 rings (SSSR count). The fourth-order valence-electron chi connectivity index (χ4n) is 1.25. The molecule has 1 aromatic carbocycles. The number of ether oxygens (including phenoxy) is 1. The van der Waals surface area contributed by atoms with E-state index in [1.54, 1.807) is 6.26 Å². The fourth-order valence-corrected chi connectivity index (χ4v) is 1.76. The van der Waals surface area contributed by atoms with Crippen LogP contribution in [-0.2, 0) is 0 Å². The molecule has 2 aromatic rings. The summed E-state index contributed by atoms with van der Waals surface area (Å²) in [7, 11) is 0. The molecule has 7 heteroatoms. The van der Waals surface area contributed by atoms with Gasteiger partial charge in [0, 0.05) is 0 Å². The molecule has 98 valence electrons. The van der Waals surface area contributed by atoms with Crippen molar-refractivity contribution in [2.75, 3.05) is 6.26 Å². The number of rotatable bonds is 3. The predicted octanol–water partition coefficient (Wildman–Crippen LogP) is 3.21. The Kier molecular flexibility index (Phi) is 4.34. The first-order valence-electron chi connectivity index (χ1n) is 5.14. The molecule has 0 N–H and O–H groups in total. The van der Waals surface area contributed by atoms with Crippen LogP contribution < -0.4 is 4.74 Å². The largest absolute Gasteiger partial charge is 0.422 e. The molecule has 4 nitrogen and oxygen atoms in total. The first kappa shape index (κ1) is 13.8. The number of carbonyl (C=O) groups is 1. The number of carbonyl (C=O) groups excluding carboxylic acids is 1. The van der Waals surface area contributed by atoms with Crippen LogP contribution in [0.4, 0.5) is 4.39 Å². The van der Waals surface area contributed by atoms with Gasteiger partial charge >= 0.3 is 5.97 Å². The summed E-state index contributed by atoms with van der Waals surface area (Å²) in [4.78, 5) is 19.8. The average molecular weight is 299 g/mol. The van der Waals surface area contributed by atoms with E-state index in [0.29, 0.717) is 5.16 Å². The zero-order valence-corrected chi connectivity index (χ0v) is 11.3. The van der Waals surface area contributed by atoms with Crippen LogP contribution in [0.3, 0.4) is 0 Å². The Morgan fingerprint density at radius 1 is 1.37 bits per heavy atom. The van der Waals surface area contributed by atoms with Gasteiger partial charge in [0.2, 0.25) is 0 Å². The molecular formula is C12H8ClFN2O2S. The van der Waals surface area contributed by atoms with Crippen molar-refractivity contribution in [1.82, 2.24) is 9.97 Å². The third-order valence-corrected chi connectivity index (χ3v) is 2.96. The topological polar surface area (TPSA) is 52.1 Å². The SMILES string of the molecule is CSc1ncc(Cl)c(C(=O)Oc2ccc(F)cc2)n1. The average Bonchev–Trinajstić information content (AvgIpc) is 2.42. The van der Waals surface area contributed by atoms with Gasteiger partial charge in [-0.2, -0.15) is 0 Å². The monoisotopic (exact) mass is 298 g/mol. The van der Waals surface area contributed by atoms with E-state index in [1.807, 2.05) is 0 Å². The van der Waals surface area contributed by atoms with Crippen molar-refractivity contribution in [2.24, 2.45) is 0 Å². The normalized spacial score (nSPS) is 10.3. The zero-order valence-electron chi connectivity index (χ0n) is 9.76. The second-order valence-electron chi connectivity index (χ2n) is 3.40. The number of halogens is 2. The minimum absolute atomic E-state index is 0.0228. The maximum absolute atomic E-state index is 12.7. The minimum atomic E-state index is -0.714. The summed E-state index contributed by atoms with van der Waals surface area (Å²) in [5.41, 5.74) is -0.0228. The highest BCUT2D eigenvalue weighted by atomic mass is 35.5. The van der Waals surface area contributed by atoms with Crippen molar-refractivity contribution in [1.29, 1.82) is 0 Å². The van der Waals surface area contributed by atoms with E-state index < -0.39 is 11.8 Å². The second-order valence-corrected chi connectivity index (χ2v) is 4.58. The van der Waals surface area contributed by atoms with Gasteiger partial charge in [-0.3, -0.25) is 0 Å². The van der Waals surface area contributed by atoms with Gasteiger partial charge in [0.05, 0.1) is 11.2 Å². The number of aromatic nitrogens is 2. The molecule has 0 aliphatic rings. The molecule has 0 atom stereocenters. The summed E-state index contributed by atoms with van der Waals surface area (Å²) in [5, 5.41) is 0.514. The minimum Gasteiger partial charge on any atom is -0.422 e. The molecule has 0 unspecified atom stereocenters. The van der Waals surface area contributed by atoms with Crippen molar-refractivity contribution < 1.29 is 13.9 Å². The van der Waals surface area contributed by atoms with Crippen molar-refractivity contribution in [3.05, 3.63) is 47.0 Å². The van der Waals surface area contributed by atoms with Gasteiger partial charge in [-0.15, -0.1) is 0 Å². The fraction of sp³-hybridized carbons (Fsp3) is 0.0833. The summed E-state index contributed by atoms with van der Waals surface area (Å²) >= 11 is 7.12. The molecule has 0 aliphatic carbocycles. The summed E-state index contributed by atoms with van der Waals surface area (Å²) < 4.78 is 17.8. The highest BCUT2D eigenvalue weighted by Crippen LogP contribution is 2.19. The Balaban J connectivity index is 2.22. The standard InChI is InChI=1S/C12H8ClFN2O2S/c1-19-12-15-6-9(13)10(16-12)11(17)18-8-4-2-7(14)3-5-8/h2-6H,1H3. The van der Waals surface area contributed by atoms with E-state index >= 15 is 0 Å². The van der Waals surface area contributed by atoms with E-state index in [0.717, 1.165) is 0 Å². The van der Waals surface area contributed by atoms with Crippen LogP contribution in [0.2, 0.25) is 5.02 Å². The number of benzene rings is 1. The lowest BCUT2D eigenvalue weighted by Gasteiger charge is -2.05. The third-order valence-electron chi connectivity index (χ3n) is 2.12. The Morgan fingerprint density at radius 2 is 2.05 bits per heavy atom. The van der Waals surface area contributed by atoms with Crippen molar-refractivity contribution in [3.8, 4) is 5.75 Å². The molecule has 0 bridgehead atoms. The van der Waals surface area contributed by atoms with Crippen LogP contribution in [0.15, 0.2) is 35.6 Å². The van der Waals surface area contributed by atoms with Gasteiger partial charge in [0.1, 0.15) is 11.6 Å². The van der Waals surface area contributed by atoms with Gasteiger partial charge < -0.3 is 4.74 Å². The van der Waals surface area contributed by atoms with E-state index in [-0.39, 0.29) is 16.5 Å². The number of esters is 1. The molecule has 1 aromatic heterocycles.